The molecular weight excluding hydrogens is 433 g/mol. The van der Waals surface area contributed by atoms with Crippen LogP contribution in [0.3, 0.4) is 0 Å². The number of aromatic nitrogens is 3. The quantitative estimate of drug-likeness (QED) is 0.459. The molecule has 4 aromatic rings. The first-order chi connectivity index (χ1) is 15.8. The van der Waals surface area contributed by atoms with Crippen LogP contribution in [0.1, 0.15) is 35.2 Å². The molecule has 9 heteroatoms. The van der Waals surface area contributed by atoms with Gasteiger partial charge >= 0.3 is 6.18 Å². The third-order valence-electron chi connectivity index (χ3n) is 5.85. The summed E-state index contributed by atoms with van der Waals surface area (Å²) in [4.78, 5) is 21.0. The molecule has 1 saturated carbocycles. The third-order valence-corrected chi connectivity index (χ3v) is 5.85. The van der Waals surface area contributed by atoms with E-state index in [0.717, 1.165) is 28.5 Å². The Bertz CT molecular complexity index is 1350. The van der Waals surface area contributed by atoms with E-state index < -0.39 is 11.7 Å². The van der Waals surface area contributed by atoms with Crippen molar-refractivity contribution in [2.75, 3.05) is 0 Å². The van der Waals surface area contributed by atoms with Crippen LogP contribution in [0.2, 0.25) is 0 Å². The van der Waals surface area contributed by atoms with E-state index in [1.165, 1.54) is 6.07 Å². The number of nitrogens with zero attached hydrogens (tertiary/aromatic N) is 3. The third kappa shape index (κ3) is 4.18. The van der Waals surface area contributed by atoms with Crippen LogP contribution < -0.4 is 5.32 Å². The Balaban J connectivity index is 1.37. The molecule has 0 radical (unpaired) electrons. The maximum atomic E-state index is 13.2. The summed E-state index contributed by atoms with van der Waals surface area (Å²) in [5.74, 6) is 0.644. The maximum Gasteiger partial charge on any atom is 0.416 e. The number of rotatable bonds is 5. The Hall–Kier alpha value is -3.75. The summed E-state index contributed by atoms with van der Waals surface area (Å²) in [7, 11) is 0. The van der Waals surface area contributed by atoms with Crippen molar-refractivity contribution in [2.24, 2.45) is 5.92 Å². The van der Waals surface area contributed by atoms with E-state index in [0.29, 0.717) is 29.3 Å². The molecule has 0 bridgehead atoms. The summed E-state index contributed by atoms with van der Waals surface area (Å²) in [5.41, 5.74) is 1.26. The van der Waals surface area contributed by atoms with Crippen LogP contribution in [0.15, 0.2) is 59.4 Å². The van der Waals surface area contributed by atoms with Crippen LogP contribution in [0.5, 0.6) is 0 Å². The number of amides is 1. The van der Waals surface area contributed by atoms with E-state index in [-0.39, 0.29) is 24.3 Å². The predicted octanol–water partition coefficient (Wildman–Crippen LogP) is 5.03. The van der Waals surface area contributed by atoms with E-state index in [1.54, 1.807) is 37.5 Å². The van der Waals surface area contributed by atoms with Gasteiger partial charge in [-0.3, -0.25) is 9.78 Å². The first-order valence-corrected chi connectivity index (χ1v) is 10.4. The largest absolute Gasteiger partial charge is 0.416 e. The van der Waals surface area contributed by atoms with Crippen molar-refractivity contribution >= 4 is 16.7 Å². The Morgan fingerprint density at radius 3 is 2.79 bits per heavy atom. The van der Waals surface area contributed by atoms with Crippen molar-refractivity contribution in [1.29, 1.82) is 0 Å². The van der Waals surface area contributed by atoms with Crippen molar-refractivity contribution in [3.8, 4) is 11.1 Å². The number of hydrogen-bond acceptors (Lipinski definition) is 5. The second kappa shape index (κ2) is 7.99. The molecule has 1 aliphatic carbocycles. The van der Waals surface area contributed by atoms with Crippen molar-refractivity contribution in [2.45, 2.75) is 32.0 Å². The molecule has 0 aliphatic heterocycles. The normalized spacial score (nSPS) is 17.8. The lowest BCUT2D eigenvalue weighted by Gasteiger charge is -2.14. The highest BCUT2D eigenvalue weighted by Gasteiger charge is 2.47. The Kier molecular flexibility index (Phi) is 5.11. The van der Waals surface area contributed by atoms with Crippen LogP contribution in [-0.2, 0) is 17.5 Å². The molecule has 5 rings (SSSR count). The summed E-state index contributed by atoms with van der Waals surface area (Å²) in [6, 6.07) is 10.6. The summed E-state index contributed by atoms with van der Waals surface area (Å²) in [6.07, 6.45) is -0.500. The van der Waals surface area contributed by atoms with E-state index in [1.807, 2.05) is 6.07 Å². The number of pyridine rings is 1. The molecule has 2 heterocycles. The van der Waals surface area contributed by atoms with Gasteiger partial charge in [-0.1, -0.05) is 29.4 Å². The Labute approximate surface area is 186 Å². The number of nitrogens with one attached hydrogen (secondary N) is 1. The molecule has 2 aromatic heterocycles. The smallest absolute Gasteiger partial charge is 0.352 e. The van der Waals surface area contributed by atoms with Gasteiger partial charge in [-0.05, 0) is 53.6 Å². The molecular formula is C24H19F3N4O2. The van der Waals surface area contributed by atoms with Gasteiger partial charge in [-0.25, -0.2) is 0 Å². The average Bonchev–Trinajstić information content (AvgIpc) is 3.50. The topological polar surface area (TPSA) is 80.9 Å². The van der Waals surface area contributed by atoms with Gasteiger partial charge in [-0.15, -0.1) is 0 Å². The highest BCUT2D eigenvalue weighted by atomic mass is 19.4. The van der Waals surface area contributed by atoms with Crippen LogP contribution in [0.25, 0.3) is 21.9 Å². The van der Waals surface area contributed by atoms with Gasteiger partial charge in [0.25, 0.3) is 0 Å². The molecule has 1 N–H and O–H groups in total. The van der Waals surface area contributed by atoms with E-state index in [4.69, 9.17) is 4.52 Å². The zero-order chi connectivity index (χ0) is 23.2. The lowest BCUT2D eigenvalue weighted by Crippen LogP contribution is -2.25. The number of hydrogen-bond donors (Lipinski definition) is 1. The van der Waals surface area contributed by atoms with E-state index in [9.17, 15) is 18.0 Å². The Morgan fingerprint density at radius 2 is 2.03 bits per heavy atom. The van der Waals surface area contributed by atoms with Gasteiger partial charge in [0.2, 0.25) is 11.8 Å². The fourth-order valence-electron chi connectivity index (χ4n) is 4.05. The minimum Gasteiger partial charge on any atom is -0.352 e. The van der Waals surface area contributed by atoms with Crippen molar-refractivity contribution < 1.29 is 22.5 Å². The highest BCUT2D eigenvalue weighted by Crippen LogP contribution is 2.46. The molecule has 0 saturated heterocycles. The zero-order valence-electron chi connectivity index (χ0n) is 17.6. The van der Waals surface area contributed by atoms with E-state index in [2.05, 4.69) is 20.4 Å². The van der Waals surface area contributed by atoms with Gasteiger partial charge < -0.3 is 9.84 Å². The monoisotopic (exact) mass is 452 g/mol. The average molecular weight is 452 g/mol. The molecule has 1 amide bonds. The highest BCUT2D eigenvalue weighted by molar-refractivity contribution is 5.98. The predicted molar refractivity (Wildman–Crippen MR) is 114 cm³/mol. The second-order valence-corrected chi connectivity index (χ2v) is 8.12. The molecule has 33 heavy (non-hydrogen) atoms. The van der Waals surface area contributed by atoms with Crippen LogP contribution >= 0.6 is 0 Å². The minimum absolute atomic E-state index is 0.0621. The number of halogens is 3. The van der Waals surface area contributed by atoms with Crippen molar-refractivity contribution in [3.05, 3.63) is 77.7 Å². The summed E-state index contributed by atoms with van der Waals surface area (Å²) < 4.78 is 44.7. The fourth-order valence-corrected chi connectivity index (χ4v) is 4.05. The molecule has 2 atom stereocenters. The van der Waals surface area contributed by atoms with Crippen LogP contribution in [0.4, 0.5) is 13.2 Å². The molecule has 1 aliphatic rings. The second-order valence-electron chi connectivity index (χ2n) is 8.12. The van der Waals surface area contributed by atoms with Crippen molar-refractivity contribution in [3.63, 3.8) is 0 Å². The molecule has 168 valence electrons. The first kappa shape index (κ1) is 21.1. The van der Waals surface area contributed by atoms with Crippen molar-refractivity contribution in [1.82, 2.24) is 20.4 Å². The fraction of sp³-hybridized carbons (Fsp3) is 0.250. The lowest BCUT2D eigenvalue weighted by atomic mass is 9.95. The summed E-state index contributed by atoms with van der Waals surface area (Å²) >= 11 is 0. The number of benzene rings is 2. The maximum absolute atomic E-state index is 13.2. The van der Waals surface area contributed by atoms with Gasteiger partial charge in [0, 0.05) is 24.3 Å². The van der Waals surface area contributed by atoms with Gasteiger partial charge in [0.1, 0.15) is 0 Å². The standard InChI is InChI=1S/C24H19F3N4O2/c1-13-30-23(33-31-13)20-10-19(20)22(32)29-11-15-5-6-17(18-7-8-28-12-21(15)18)14-3-2-4-16(9-14)24(25,26)27/h2-9,12,19-20H,10-11H2,1H3,(H,29,32). The molecule has 2 unspecified atom stereocenters. The van der Waals surface area contributed by atoms with Gasteiger partial charge in [0.15, 0.2) is 5.82 Å². The minimum atomic E-state index is -4.42. The lowest BCUT2D eigenvalue weighted by molar-refractivity contribution is -0.137. The molecule has 1 fully saturated rings. The van der Waals surface area contributed by atoms with Gasteiger partial charge in [0.05, 0.1) is 17.4 Å². The SMILES string of the molecule is Cc1noc(C2CC2C(=O)NCc2ccc(-c3cccc(C(F)(F)F)c3)c3ccncc23)n1. The number of carbonyl (C=O) groups is 1. The first-order valence-electron chi connectivity index (χ1n) is 10.4. The number of carbonyl (C=O) groups excluding carboxylic acids is 1. The van der Waals surface area contributed by atoms with E-state index >= 15 is 0 Å². The zero-order valence-corrected chi connectivity index (χ0v) is 17.6. The Morgan fingerprint density at radius 1 is 1.18 bits per heavy atom. The number of fused-ring (bicyclic) bond motifs is 1. The molecule has 6 nitrogen and oxygen atoms in total. The molecule has 2 aromatic carbocycles. The number of alkyl halides is 3. The summed E-state index contributed by atoms with van der Waals surface area (Å²) in [5, 5.41) is 8.24. The molecule has 0 spiro atoms. The van der Waals surface area contributed by atoms with Crippen LogP contribution in [-0.4, -0.2) is 21.0 Å². The van der Waals surface area contributed by atoms with Gasteiger partial charge in [-0.2, -0.15) is 18.2 Å². The number of aryl methyl sites for hydroxylation is 1. The van der Waals surface area contributed by atoms with Crippen LogP contribution in [0, 0.1) is 12.8 Å². The summed E-state index contributed by atoms with van der Waals surface area (Å²) in [6.45, 7) is 2.00.